The number of hydrogen-bond acceptors (Lipinski definition) is 1. The van der Waals surface area contributed by atoms with Gasteiger partial charge in [0.1, 0.15) is 0 Å². The lowest BCUT2D eigenvalue weighted by Crippen LogP contribution is -2.31. The highest BCUT2D eigenvalue weighted by atomic mass is 16.2. The van der Waals surface area contributed by atoms with Gasteiger partial charge in [0, 0.05) is 18.7 Å². The third-order valence-electron chi connectivity index (χ3n) is 2.73. The Balaban J connectivity index is 3.00. The van der Waals surface area contributed by atoms with E-state index in [0.717, 1.165) is 25.1 Å². The molecular formula is C15H23NO. The average Bonchev–Trinajstić information content (AvgIpc) is 2.24. The average molecular weight is 233 g/mol. The smallest absolute Gasteiger partial charge is 0.226 e. The molecule has 0 bridgehead atoms. The Morgan fingerprint density at radius 1 is 1.06 bits per heavy atom. The minimum atomic E-state index is 0.236. The Bertz CT molecular complexity index is 364. The molecular weight excluding hydrogens is 210 g/mol. The summed E-state index contributed by atoms with van der Waals surface area (Å²) in [6.07, 6.45) is 2.53. The van der Waals surface area contributed by atoms with E-state index in [2.05, 4.69) is 39.0 Å². The van der Waals surface area contributed by atoms with E-state index >= 15 is 0 Å². The van der Waals surface area contributed by atoms with E-state index in [4.69, 9.17) is 0 Å². The summed E-state index contributed by atoms with van der Waals surface area (Å²) in [5, 5.41) is 0. The summed E-state index contributed by atoms with van der Waals surface area (Å²) < 4.78 is 0. The largest absolute Gasteiger partial charge is 0.312 e. The Morgan fingerprint density at radius 3 is 2.12 bits per heavy atom. The van der Waals surface area contributed by atoms with Gasteiger partial charge in [-0.15, -0.1) is 0 Å². The van der Waals surface area contributed by atoms with Crippen LogP contribution in [0.1, 0.15) is 44.2 Å². The van der Waals surface area contributed by atoms with Crippen molar-refractivity contribution in [1.82, 2.24) is 0 Å². The highest BCUT2D eigenvalue weighted by Crippen LogP contribution is 2.20. The van der Waals surface area contributed by atoms with Crippen molar-refractivity contribution in [3.63, 3.8) is 0 Å². The fourth-order valence-electron chi connectivity index (χ4n) is 2.08. The van der Waals surface area contributed by atoms with Crippen LogP contribution in [0.2, 0.25) is 0 Å². The number of carbonyl (C=O) groups excluding carboxylic acids is 1. The van der Waals surface area contributed by atoms with Crippen molar-refractivity contribution >= 4 is 11.6 Å². The lowest BCUT2D eigenvalue weighted by molar-refractivity contribution is -0.118. The Hall–Kier alpha value is -1.31. The molecule has 0 N–H and O–H groups in total. The molecule has 0 spiro atoms. The zero-order valence-corrected chi connectivity index (χ0v) is 11.4. The van der Waals surface area contributed by atoms with Gasteiger partial charge in [-0.3, -0.25) is 4.79 Å². The summed E-state index contributed by atoms with van der Waals surface area (Å²) in [7, 11) is 0. The van der Waals surface area contributed by atoms with Gasteiger partial charge >= 0.3 is 0 Å². The summed E-state index contributed by atoms with van der Waals surface area (Å²) in [5.74, 6) is 0.236. The molecule has 0 radical (unpaired) electrons. The third kappa shape index (κ3) is 3.88. The molecule has 17 heavy (non-hydrogen) atoms. The minimum Gasteiger partial charge on any atom is -0.312 e. The van der Waals surface area contributed by atoms with Gasteiger partial charge in [-0.1, -0.05) is 19.9 Å². The maximum absolute atomic E-state index is 12.1. The second-order valence-electron chi connectivity index (χ2n) is 4.64. The van der Waals surface area contributed by atoms with Crippen LogP contribution in [-0.2, 0) is 4.79 Å². The molecule has 0 fully saturated rings. The highest BCUT2D eigenvalue weighted by molar-refractivity contribution is 5.93. The normalized spacial score (nSPS) is 10.4. The molecule has 0 aliphatic rings. The van der Waals surface area contributed by atoms with E-state index in [1.54, 1.807) is 0 Å². The fourth-order valence-corrected chi connectivity index (χ4v) is 2.08. The summed E-state index contributed by atoms with van der Waals surface area (Å²) in [6, 6.07) is 6.32. The summed E-state index contributed by atoms with van der Waals surface area (Å²) in [6.45, 7) is 9.11. The Kier molecular flexibility index (Phi) is 5.20. The van der Waals surface area contributed by atoms with Crippen LogP contribution in [0, 0.1) is 13.8 Å². The standard InChI is InChI=1S/C15H23NO/c1-5-7-15(17)16(8-6-2)14-10-12(3)9-13(4)11-14/h9-11H,5-8H2,1-4H3. The number of aryl methyl sites for hydroxylation is 2. The van der Waals surface area contributed by atoms with Crippen molar-refractivity contribution < 1.29 is 4.79 Å². The van der Waals surface area contributed by atoms with Gasteiger partial charge in [0.15, 0.2) is 0 Å². The van der Waals surface area contributed by atoms with Crippen LogP contribution in [0.5, 0.6) is 0 Å². The van der Waals surface area contributed by atoms with Crippen LogP contribution in [0.15, 0.2) is 18.2 Å². The molecule has 2 heteroatoms. The van der Waals surface area contributed by atoms with E-state index in [9.17, 15) is 4.79 Å². The van der Waals surface area contributed by atoms with Crippen LogP contribution in [0.3, 0.4) is 0 Å². The van der Waals surface area contributed by atoms with E-state index in [1.807, 2.05) is 11.8 Å². The molecule has 0 aliphatic carbocycles. The van der Waals surface area contributed by atoms with E-state index in [0.29, 0.717) is 6.42 Å². The quantitative estimate of drug-likeness (QED) is 0.756. The summed E-state index contributed by atoms with van der Waals surface area (Å²) >= 11 is 0. The van der Waals surface area contributed by atoms with E-state index in [1.165, 1.54) is 11.1 Å². The Labute approximate surface area is 105 Å². The van der Waals surface area contributed by atoms with Crippen LogP contribution in [0.25, 0.3) is 0 Å². The number of carbonyl (C=O) groups is 1. The zero-order valence-electron chi connectivity index (χ0n) is 11.4. The number of hydrogen-bond donors (Lipinski definition) is 0. The molecule has 0 unspecified atom stereocenters. The maximum Gasteiger partial charge on any atom is 0.226 e. The number of rotatable bonds is 5. The third-order valence-corrected chi connectivity index (χ3v) is 2.73. The first-order valence-corrected chi connectivity index (χ1v) is 6.47. The molecule has 1 rings (SSSR count). The van der Waals surface area contributed by atoms with Crippen LogP contribution >= 0.6 is 0 Å². The van der Waals surface area contributed by atoms with Crippen molar-refractivity contribution in [2.45, 2.75) is 47.0 Å². The van der Waals surface area contributed by atoms with Gasteiger partial charge in [-0.2, -0.15) is 0 Å². The van der Waals surface area contributed by atoms with Crippen LogP contribution in [0.4, 0.5) is 5.69 Å². The molecule has 94 valence electrons. The van der Waals surface area contributed by atoms with Crippen molar-refractivity contribution in [3.8, 4) is 0 Å². The minimum absolute atomic E-state index is 0.236. The molecule has 0 saturated carbocycles. The lowest BCUT2D eigenvalue weighted by atomic mass is 10.1. The van der Waals surface area contributed by atoms with Crippen molar-refractivity contribution in [2.24, 2.45) is 0 Å². The number of amides is 1. The van der Waals surface area contributed by atoms with Crippen molar-refractivity contribution in [1.29, 1.82) is 0 Å². The molecule has 0 aromatic heterocycles. The zero-order chi connectivity index (χ0) is 12.8. The Morgan fingerprint density at radius 2 is 1.65 bits per heavy atom. The van der Waals surface area contributed by atoms with Crippen LogP contribution < -0.4 is 4.90 Å². The first-order valence-electron chi connectivity index (χ1n) is 6.47. The van der Waals surface area contributed by atoms with Gasteiger partial charge in [-0.05, 0) is 49.9 Å². The molecule has 2 nitrogen and oxygen atoms in total. The molecule has 0 aliphatic heterocycles. The molecule has 1 aromatic rings. The fraction of sp³-hybridized carbons (Fsp3) is 0.533. The van der Waals surface area contributed by atoms with Crippen molar-refractivity contribution in [3.05, 3.63) is 29.3 Å². The van der Waals surface area contributed by atoms with Crippen LogP contribution in [-0.4, -0.2) is 12.5 Å². The second kappa shape index (κ2) is 6.43. The number of nitrogens with zero attached hydrogens (tertiary/aromatic N) is 1. The van der Waals surface area contributed by atoms with Gasteiger partial charge in [-0.25, -0.2) is 0 Å². The predicted molar refractivity (Wildman–Crippen MR) is 73.5 cm³/mol. The molecule has 0 heterocycles. The van der Waals surface area contributed by atoms with Gasteiger partial charge in [0.05, 0.1) is 0 Å². The van der Waals surface area contributed by atoms with Gasteiger partial charge in [0.2, 0.25) is 5.91 Å². The second-order valence-corrected chi connectivity index (χ2v) is 4.64. The topological polar surface area (TPSA) is 20.3 Å². The maximum atomic E-state index is 12.1. The number of benzene rings is 1. The molecule has 0 atom stereocenters. The number of anilines is 1. The van der Waals surface area contributed by atoms with Crippen molar-refractivity contribution in [2.75, 3.05) is 11.4 Å². The lowest BCUT2D eigenvalue weighted by Gasteiger charge is -2.23. The molecule has 1 aromatic carbocycles. The first-order chi connectivity index (χ1) is 8.08. The highest BCUT2D eigenvalue weighted by Gasteiger charge is 2.14. The molecule has 0 saturated heterocycles. The predicted octanol–water partition coefficient (Wildman–Crippen LogP) is 3.85. The monoisotopic (exact) mass is 233 g/mol. The SMILES string of the molecule is CCCC(=O)N(CCC)c1cc(C)cc(C)c1. The van der Waals surface area contributed by atoms with E-state index in [-0.39, 0.29) is 5.91 Å². The van der Waals surface area contributed by atoms with E-state index < -0.39 is 0 Å². The first kappa shape index (κ1) is 13.8. The molecule has 1 amide bonds. The summed E-state index contributed by atoms with van der Waals surface area (Å²) in [4.78, 5) is 14.0. The van der Waals surface area contributed by atoms with Gasteiger partial charge < -0.3 is 4.90 Å². The van der Waals surface area contributed by atoms with Gasteiger partial charge in [0.25, 0.3) is 0 Å². The summed E-state index contributed by atoms with van der Waals surface area (Å²) in [5.41, 5.74) is 3.47.